The number of hydrogen-bond donors (Lipinski definition) is 1. The lowest BCUT2D eigenvalue weighted by molar-refractivity contribution is -0.118. The fraction of sp³-hybridized carbons (Fsp3) is 0.857. The highest BCUT2D eigenvalue weighted by Crippen LogP contribution is 1.94. The topological polar surface area (TPSA) is 52.3 Å². The van der Waals surface area contributed by atoms with Crippen molar-refractivity contribution in [2.45, 2.75) is 25.8 Å². The molecule has 0 fully saturated rings. The van der Waals surface area contributed by atoms with Crippen LogP contribution in [0.5, 0.6) is 0 Å². The smallest absolute Gasteiger partial charge is 0.146 e. The summed E-state index contributed by atoms with van der Waals surface area (Å²) in [7, 11) is 1.64. The Hall–Kier alpha value is -0.410. The van der Waals surface area contributed by atoms with Crippen molar-refractivity contribution < 1.29 is 9.53 Å². The molecule has 0 aromatic rings. The lowest BCUT2D eigenvalue weighted by atomic mass is 10.1. The fourth-order valence-corrected chi connectivity index (χ4v) is 0.651. The molecule has 0 aliphatic carbocycles. The van der Waals surface area contributed by atoms with Crippen LogP contribution in [0, 0.1) is 0 Å². The van der Waals surface area contributed by atoms with Gasteiger partial charge in [0.05, 0.1) is 6.04 Å². The van der Waals surface area contributed by atoms with E-state index < -0.39 is 0 Å². The Morgan fingerprint density at radius 2 is 2.30 bits per heavy atom. The first-order chi connectivity index (χ1) is 4.68. The molecule has 0 aromatic heterocycles. The van der Waals surface area contributed by atoms with Crippen molar-refractivity contribution in [3.63, 3.8) is 0 Å². The van der Waals surface area contributed by atoms with Crippen LogP contribution in [0.15, 0.2) is 0 Å². The third kappa shape index (κ3) is 4.47. The molecule has 0 rings (SSSR count). The third-order valence-corrected chi connectivity index (χ3v) is 1.39. The highest BCUT2D eigenvalue weighted by molar-refractivity contribution is 5.80. The lowest BCUT2D eigenvalue weighted by Gasteiger charge is -2.05. The molecule has 1 atom stereocenters. The maximum absolute atomic E-state index is 10.6. The zero-order valence-electron chi connectivity index (χ0n) is 6.59. The largest absolute Gasteiger partial charge is 0.385 e. The summed E-state index contributed by atoms with van der Waals surface area (Å²) in [6.45, 7) is 2.19. The van der Waals surface area contributed by atoms with Gasteiger partial charge < -0.3 is 10.5 Å². The van der Waals surface area contributed by atoms with Gasteiger partial charge >= 0.3 is 0 Å². The normalized spacial score (nSPS) is 13.1. The second-order valence-corrected chi connectivity index (χ2v) is 2.35. The Kier molecular flexibility index (Phi) is 5.16. The Balaban J connectivity index is 3.21. The highest BCUT2D eigenvalue weighted by Gasteiger charge is 2.05. The molecule has 60 valence electrons. The number of rotatable bonds is 5. The molecule has 3 nitrogen and oxygen atoms in total. The number of hydrogen-bond acceptors (Lipinski definition) is 3. The van der Waals surface area contributed by atoms with Gasteiger partial charge in [-0.15, -0.1) is 0 Å². The van der Waals surface area contributed by atoms with E-state index in [4.69, 9.17) is 10.5 Å². The van der Waals surface area contributed by atoms with Crippen molar-refractivity contribution in [1.82, 2.24) is 0 Å². The number of Topliss-reactive ketones (excluding diaryl/α,β-unsaturated/α-hetero) is 1. The van der Waals surface area contributed by atoms with Crippen molar-refractivity contribution in [3.05, 3.63) is 0 Å². The number of carbonyl (C=O) groups is 1. The second-order valence-electron chi connectivity index (χ2n) is 2.35. The second kappa shape index (κ2) is 5.38. The summed E-state index contributed by atoms with van der Waals surface area (Å²) >= 11 is 0. The van der Waals surface area contributed by atoms with Crippen molar-refractivity contribution in [3.8, 4) is 0 Å². The Morgan fingerprint density at radius 1 is 1.70 bits per heavy atom. The summed E-state index contributed by atoms with van der Waals surface area (Å²) in [6, 6.07) is -0.296. The van der Waals surface area contributed by atoms with Gasteiger partial charge in [-0.25, -0.2) is 0 Å². The van der Waals surface area contributed by atoms with Crippen LogP contribution in [0.3, 0.4) is 0 Å². The molecule has 0 bridgehead atoms. The number of ether oxygens (including phenoxy) is 1. The van der Waals surface area contributed by atoms with E-state index in [1.165, 1.54) is 6.92 Å². The third-order valence-electron chi connectivity index (χ3n) is 1.39. The van der Waals surface area contributed by atoms with E-state index >= 15 is 0 Å². The first-order valence-electron chi connectivity index (χ1n) is 3.43. The van der Waals surface area contributed by atoms with Crippen molar-refractivity contribution in [2.75, 3.05) is 13.7 Å². The first-order valence-corrected chi connectivity index (χ1v) is 3.43. The minimum absolute atomic E-state index is 0.0519. The fourth-order valence-electron chi connectivity index (χ4n) is 0.651. The molecule has 1 unspecified atom stereocenters. The van der Waals surface area contributed by atoms with Crippen LogP contribution >= 0.6 is 0 Å². The van der Waals surface area contributed by atoms with Gasteiger partial charge in [0.25, 0.3) is 0 Å². The summed E-state index contributed by atoms with van der Waals surface area (Å²) in [6.07, 6.45) is 1.58. The summed E-state index contributed by atoms with van der Waals surface area (Å²) < 4.78 is 4.81. The quantitative estimate of drug-likeness (QED) is 0.567. The van der Waals surface area contributed by atoms with Crippen molar-refractivity contribution in [1.29, 1.82) is 0 Å². The van der Waals surface area contributed by atoms with Crippen LogP contribution in [0.1, 0.15) is 19.8 Å². The molecular formula is C7H15NO2. The number of carbonyl (C=O) groups excluding carboxylic acids is 1. The van der Waals surface area contributed by atoms with Crippen LogP contribution in [-0.4, -0.2) is 25.5 Å². The maximum Gasteiger partial charge on any atom is 0.146 e. The zero-order valence-corrected chi connectivity index (χ0v) is 6.59. The number of ketones is 1. The molecule has 0 radical (unpaired) electrons. The van der Waals surface area contributed by atoms with E-state index in [9.17, 15) is 4.79 Å². The molecule has 0 spiro atoms. The zero-order chi connectivity index (χ0) is 7.98. The SMILES string of the molecule is COCCCC(N)C(C)=O. The molecule has 0 saturated heterocycles. The van der Waals surface area contributed by atoms with Crippen molar-refractivity contribution in [2.24, 2.45) is 5.73 Å². The molecule has 0 aliphatic heterocycles. The Morgan fingerprint density at radius 3 is 2.70 bits per heavy atom. The molecule has 10 heavy (non-hydrogen) atoms. The molecule has 0 aliphatic rings. The van der Waals surface area contributed by atoms with Gasteiger partial charge in [-0.1, -0.05) is 0 Å². The summed E-state index contributed by atoms with van der Waals surface area (Å²) in [4.78, 5) is 10.6. The monoisotopic (exact) mass is 145 g/mol. The standard InChI is InChI=1S/C7H15NO2/c1-6(9)7(8)4-3-5-10-2/h7H,3-5,8H2,1-2H3. The van der Waals surface area contributed by atoms with Gasteiger partial charge in [0.1, 0.15) is 5.78 Å². The summed E-state index contributed by atoms with van der Waals surface area (Å²) in [5.41, 5.74) is 5.45. The minimum Gasteiger partial charge on any atom is -0.385 e. The van der Waals surface area contributed by atoms with E-state index in [2.05, 4.69) is 0 Å². The molecule has 0 saturated carbocycles. The number of nitrogens with two attached hydrogens (primary N) is 1. The lowest BCUT2D eigenvalue weighted by Crippen LogP contribution is -2.28. The highest BCUT2D eigenvalue weighted by atomic mass is 16.5. The summed E-state index contributed by atoms with van der Waals surface area (Å²) in [5, 5.41) is 0. The van der Waals surface area contributed by atoms with Gasteiger partial charge in [-0.2, -0.15) is 0 Å². The average Bonchev–Trinajstić information content (AvgIpc) is 1.88. The number of methoxy groups -OCH3 is 1. The predicted molar refractivity (Wildman–Crippen MR) is 39.8 cm³/mol. The van der Waals surface area contributed by atoms with Crippen molar-refractivity contribution >= 4 is 5.78 Å². The molecule has 2 N–H and O–H groups in total. The maximum atomic E-state index is 10.6. The Bertz CT molecular complexity index is 104. The van der Waals surface area contributed by atoms with Crippen LogP contribution in [0.2, 0.25) is 0 Å². The van der Waals surface area contributed by atoms with E-state index in [1.807, 2.05) is 0 Å². The van der Waals surface area contributed by atoms with Crippen LogP contribution < -0.4 is 5.73 Å². The van der Waals surface area contributed by atoms with Crippen LogP contribution in [0.4, 0.5) is 0 Å². The van der Waals surface area contributed by atoms with Gasteiger partial charge in [0, 0.05) is 13.7 Å². The van der Waals surface area contributed by atoms with Gasteiger partial charge in [-0.05, 0) is 19.8 Å². The van der Waals surface area contributed by atoms with Gasteiger partial charge in [0.15, 0.2) is 0 Å². The minimum atomic E-state index is -0.296. The molecule has 0 amide bonds. The van der Waals surface area contributed by atoms with Crippen LogP contribution in [-0.2, 0) is 9.53 Å². The molecule has 0 aromatic carbocycles. The van der Waals surface area contributed by atoms with E-state index in [0.717, 1.165) is 12.8 Å². The average molecular weight is 145 g/mol. The van der Waals surface area contributed by atoms with E-state index in [0.29, 0.717) is 6.61 Å². The Labute approximate surface area is 61.5 Å². The van der Waals surface area contributed by atoms with Crippen LogP contribution in [0.25, 0.3) is 0 Å². The molecule has 0 heterocycles. The van der Waals surface area contributed by atoms with Gasteiger partial charge in [0.2, 0.25) is 0 Å². The van der Waals surface area contributed by atoms with Gasteiger partial charge in [-0.3, -0.25) is 4.79 Å². The molecular weight excluding hydrogens is 130 g/mol. The van der Waals surface area contributed by atoms with E-state index in [-0.39, 0.29) is 11.8 Å². The molecule has 3 heteroatoms. The first kappa shape index (κ1) is 9.59. The van der Waals surface area contributed by atoms with E-state index in [1.54, 1.807) is 7.11 Å². The predicted octanol–water partition coefficient (Wildman–Crippen LogP) is 0.329. The summed E-state index contributed by atoms with van der Waals surface area (Å²) in [5.74, 6) is 0.0519.